The molecule has 0 fully saturated rings. The van der Waals surface area contributed by atoms with Crippen molar-refractivity contribution in [2.45, 2.75) is 32.7 Å². The molecule has 0 unspecified atom stereocenters. The van der Waals surface area contributed by atoms with Crippen LogP contribution in [0.15, 0.2) is 54.6 Å². The molecule has 2 aromatic rings. The number of ether oxygens (including phenoxy) is 1. The van der Waals surface area contributed by atoms with Crippen LogP contribution in [0.2, 0.25) is 0 Å². The molecule has 1 amide bonds. The summed E-state index contributed by atoms with van der Waals surface area (Å²) in [6, 6.07) is 17.3. The van der Waals surface area contributed by atoms with E-state index in [1.165, 1.54) is 0 Å². The summed E-state index contributed by atoms with van der Waals surface area (Å²) in [7, 11) is 0. The van der Waals surface area contributed by atoms with Gasteiger partial charge in [0.2, 0.25) is 5.91 Å². The molecule has 134 valence electrons. The van der Waals surface area contributed by atoms with Crippen LogP contribution in [0.3, 0.4) is 0 Å². The van der Waals surface area contributed by atoms with Gasteiger partial charge < -0.3 is 15.8 Å². The van der Waals surface area contributed by atoms with E-state index in [1.807, 2.05) is 54.6 Å². The van der Waals surface area contributed by atoms with Crippen LogP contribution in [0.4, 0.5) is 0 Å². The Balaban J connectivity index is 1.92. The molecule has 0 aliphatic rings. The number of benzene rings is 2. The zero-order valence-electron chi connectivity index (χ0n) is 15.1. The van der Waals surface area contributed by atoms with Gasteiger partial charge in [0.15, 0.2) is 0 Å². The normalized spacial score (nSPS) is 13.1. The molecular formula is C21H28N2O2. The smallest absolute Gasteiger partial charge is 0.224 e. The molecule has 2 rings (SSSR count). The molecule has 0 spiro atoms. The van der Waals surface area contributed by atoms with Gasteiger partial charge in [0.25, 0.3) is 0 Å². The standard InChI is InChI=1S/C21H28N2O2/c1-3-16(2)15-25-19-11-9-18(10-12-19)20(14-22)23-21(24)13-17-7-5-4-6-8-17/h4-12,16,20H,3,13-15,22H2,1-2H3,(H,23,24)/t16-,20-/m0/s1. The number of hydrogen-bond donors (Lipinski definition) is 2. The predicted octanol–water partition coefficient (Wildman–Crippen LogP) is 3.47. The Hall–Kier alpha value is -2.33. The van der Waals surface area contributed by atoms with Crippen LogP contribution in [0.25, 0.3) is 0 Å². The molecule has 0 aliphatic carbocycles. The highest BCUT2D eigenvalue weighted by atomic mass is 16.5. The first-order valence-corrected chi connectivity index (χ1v) is 8.88. The molecule has 0 heterocycles. The topological polar surface area (TPSA) is 64.3 Å². The average molecular weight is 340 g/mol. The maximum atomic E-state index is 12.2. The summed E-state index contributed by atoms with van der Waals surface area (Å²) in [6.45, 7) is 5.39. The summed E-state index contributed by atoms with van der Waals surface area (Å²) < 4.78 is 5.77. The predicted molar refractivity (Wildman–Crippen MR) is 101 cm³/mol. The van der Waals surface area contributed by atoms with Gasteiger partial charge in [-0.3, -0.25) is 4.79 Å². The van der Waals surface area contributed by atoms with E-state index in [2.05, 4.69) is 19.2 Å². The quantitative estimate of drug-likeness (QED) is 0.734. The lowest BCUT2D eigenvalue weighted by Gasteiger charge is -2.18. The van der Waals surface area contributed by atoms with Gasteiger partial charge >= 0.3 is 0 Å². The Bertz CT molecular complexity index is 641. The SMILES string of the molecule is CC[C@H](C)COc1ccc([C@H](CN)NC(=O)Cc2ccccc2)cc1. The van der Waals surface area contributed by atoms with Crippen molar-refractivity contribution in [3.63, 3.8) is 0 Å². The fourth-order valence-electron chi connectivity index (χ4n) is 2.46. The van der Waals surface area contributed by atoms with Crippen molar-refractivity contribution in [2.24, 2.45) is 11.7 Å². The van der Waals surface area contributed by atoms with Gasteiger partial charge in [-0.2, -0.15) is 0 Å². The van der Waals surface area contributed by atoms with Crippen molar-refractivity contribution < 1.29 is 9.53 Å². The number of hydrogen-bond acceptors (Lipinski definition) is 3. The second kappa shape index (κ2) is 9.84. The third kappa shape index (κ3) is 6.24. The molecule has 2 aromatic carbocycles. The first-order chi connectivity index (χ1) is 12.1. The van der Waals surface area contributed by atoms with E-state index in [0.29, 0.717) is 25.5 Å². The van der Waals surface area contributed by atoms with Crippen molar-refractivity contribution in [2.75, 3.05) is 13.2 Å². The first-order valence-electron chi connectivity index (χ1n) is 8.88. The second-order valence-electron chi connectivity index (χ2n) is 6.41. The van der Waals surface area contributed by atoms with Crippen LogP contribution in [0.5, 0.6) is 5.75 Å². The number of nitrogens with two attached hydrogens (primary N) is 1. The van der Waals surface area contributed by atoms with Gasteiger partial charge in [0.05, 0.1) is 19.1 Å². The Morgan fingerprint density at radius 2 is 1.80 bits per heavy atom. The Morgan fingerprint density at radius 1 is 1.12 bits per heavy atom. The number of nitrogens with one attached hydrogen (secondary N) is 1. The van der Waals surface area contributed by atoms with Crippen LogP contribution in [0, 0.1) is 5.92 Å². The van der Waals surface area contributed by atoms with E-state index in [-0.39, 0.29) is 11.9 Å². The minimum absolute atomic E-state index is 0.0289. The van der Waals surface area contributed by atoms with Crippen molar-refractivity contribution in [1.29, 1.82) is 0 Å². The maximum Gasteiger partial charge on any atom is 0.224 e. The molecule has 3 N–H and O–H groups in total. The number of carbonyl (C=O) groups excluding carboxylic acids is 1. The molecule has 0 saturated heterocycles. The maximum absolute atomic E-state index is 12.2. The summed E-state index contributed by atoms with van der Waals surface area (Å²) >= 11 is 0. The first kappa shape index (κ1) is 19.0. The Kier molecular flexibility index (Phi) is 7.48. The number of carbonyl (C=O) groups is 1. The van der Waals surface area contributed by atoms with E-state index in [9.17, 15) is 4.79 Å². The lowest BCUT2D eigenvalue weighted by molar-refractivity contribution is -0.121. The van der Waals surface area contributed by atoms with Gasteiger partial charge in [0.1, 0.15) is 5.75 Å². The van der Waals surface area contributed by atoms with E-state index >= 15 is 0 Å². The summed E-state index contributed by atoms with van der Waals surface area (Å²) in [6.07, 6.45) is 1.45. The molecule has 0 aromatic heterocycles. The largest absolute Gasteiger partial charge is 0.493 e. The van der Waals surface area contributed by atoms with Crippen molar-refractivity contribution in [3.05, 3.63) is 65.7 Å². The molecule has 4 nitrogen and oxygen atoms in total. The second-order valence-corrected chi connectivity index (χ2v) is 6.41. The third-order valence-corrected chi connectivity index (χ3v) is 4.29. The van der Waals surface area contributed by atoms with Gasteiger partial charge in [-0.25, -0.2) is 0 Å². The van der Waals surface area contributed by atoms with Gasteiger partial charge in [0, 0.05) is 6.54 Å². The monoisotopic (exact) mass is 340 g/mol. The molecule has 4 heteroatoms. The van der Waals surface area contributed by atoms with Crippen LogP contribution in [0.1, 0.15) is 37.4 Å². The average Bonchev–Trinajstić information content (AvgIpc) is 2.65. The van der Waals surface area contributed by atoms with Crippen LogP contribution >= 0.6 is 0 Å². The van der Waals surface area contributed by atoms with Gasteiger partial charge in [-0.1, -0.05) is 62.7 Å². The molecule has 0 aliphatic heterocycles. The number of rotatable bonds is 9. The fourth-order valence-corrected chi connectivity index (χ4v) is 2.46. The highest BCUT2D eigenvalue weighted by molar-refractivity contribution is 5.79. The summed E-state index contributed by atoms with van der Waals surface area (Å²) in [5.41, 5.74) is 7.83. The number of amides is 1. The van der Waals surface area contributed by atoms with E-state index in [0.717, 1.165) is 23.3 Å². The van der Waals surface area contributed by atoms with E-state index in [4.69, 9.17) is 10.5 Å². The zero-order chi connectivity index (χ0) is 18.1. The molecule has 0 bridgehead atoms. The van der Waals surface area contributed by atoms with Crippen LogP contribution < -0.4 is 15.8 Å². The van der Waals surface area contributed by atoms with Crippen molar-refractivity contribution in [1.82, 2.24) is 5.32 Å². The summed E-state index contributed by atoms with van der Waals surface area (Å²) in [5.74, 6) is 1.35. The van der Waals surface area contributed by atoms with Gasteiger partial charge in [-0.15, -0.1) is 0 Å². The minimum Gasteiger partial charge on any atom is -0.493 e. The molecule has 2 atom stereocenters. The lowest BCUT2D eigenvalue weighted by atomic mass is 10.1. The lowest BCUT2D eigenvalue weighted by Crippen LogP contribution is -2.34. The minimum atomic E-state index is -0.195. The molecule has 25 heavy (non-hydrogen) atoms. The van der Waals surface area contributed by atoms with Crippen LogP contribution in [-0.2, 0) is 11.2 Å². The van der Waals surface area contributed by atoms with Crippen molar-refractivity contribution in [3.8, 4) is 5.75 Å². The summed E-state index contributed by atoms with van der Waals surface area (Å²) in [4.78, 5) is 12.2. The summed E-state index contributed by atoms with van der Waals surface area (Å²) in [5, 5.41) is 3.01. The Labute approximate surface area is 150 Å². The highest BCUT2D eigenvalue weighted by Gasteiger charge is 2.13. The molecular weight excluding hydrogens is 312 g/mol. The zero-order valence-corrected chi connectivity index (χ0v) is 15.1. The molecule has 0 saturated carbocycles. The molecule has 0 radical (unpaired) electrons. The Morgan fingerprint density at radius 3 is 2.40 bits per heavy atom. The van der Waals surface area contributed by atoms with E-state index in [1.54, 1.807) is 0 Å². The highest BCUT2D eigenvalue weighted by Crippen LogP contribution is 2.18. The third-order valence-electron chi connectivity index (χ3n) is 4.29. The van der Waals surface area contributed by atoms with Crippen LogP contribution in [-0.4, -0.2) is 19.1 Å². The van der Waals surface area contributed by atoms with Crippen molar-refractivity contribution >= 4 is 5.91 Å². The van der Waals surface area contributed by atoms with E-state index < -0.39 is 0 Å². The van der Waals surface area contributed by atoms with Gasteiger partial charge in [-0.05, 0) is 29.2 Å². The fraction of sp³-hybridized carbons (Fsp3) is 0.381.